The summed E-state index contributed by atoms with van der Waals surface area (Å²) in [5.41, 5.74) is 1.38. The van der Waals surface area contributed by atoms with Gasteiger partial charge in [-0.2, -0.15) is 0 Å². The first-order valence-electron chi connectivity index (χ1n) is 4.36. The maximum Gasteiger partial charge on any atom is 0.181 e. The number of carbonyl (C=O) groups excluding carboxylic acids is 1. The lowest BCUT2D eigenvalue weighted by Gasteiger charge is -2.01. The van der Waals surface area contributed by atoms with Crippen LogP contribution in [-0.2, 0) is 0 Å². The lowest BCUT2D eigenvalue weighted by Crippen LogP contribution is -2.03. The second-order valence-corrected chi connectivity index (χ2v) is 3.89. The molecule has 0 radical (unpaired) electrons. The van der Waals surface area contributed by atoms with Crippen molar-refractivity contribution in [3.63, 3.8) is 0 Å². The van der Waals surface area contributed by atoms with Gasteiger partial charge in [-0.05, 0) is 40.9 Å². The number of nitrogens with zero attached hydrogens (tertiary/aromatic N) is 1. The molecule has 0 fully saturated rings. The summed E-state index contributed by atoms with van der Waals surface area (Å²) in [5, 5.41) is 0. The summed E-state index contributed by atoms with van der Waals surface area (Å²) in [4.78, 5) is 15.4. The standard InChI is InChI=1S/C10H11BrFNO/c1-7-5-9(13-6-8(7)11)10(14)3-2-4-12/h5-6H,2-4H2,1H3. The summed E-state index contributed by atoms with van der Waals surface area (Å²) in [6.45, 7) is 1.43. The molecule has 0 aromatic carbocycles. The average molecular weight is 260 g/mol. The molecule has 0 saturated heterocycles. The van der Waals surface area contributed by atoms with Crippen molar-refractivity contribution in [2.24, 2.45) is 0 Å². The second kappa shape index (κ2) is 5.20. The third-order valence-electron chi connectivity index (χ3n) is 1.87. The second-order valence-electron chi connectivity index (χ2n) is 3.03. The number of rotatable bonds is 4. The minimum absolute atomic E-state index is 0.0988. The first kappa shape index (κ1) is 11.3. The summed E-state index contributed by atoms with van der Waals surface area (Å²) in [5.74, 6) is -0.0988. The number of alkyl halides is 1. The van der Waals surface area contributed by atoms with Crippen LogP contribution >= 0.6 is 15.9 Å². The van der Waals surface area contributed by atoms with Crippen LogP contribution in [0, 0.1) is 6.92 Å². The van der Waals surface area contributed by atoms with Gasteiger partial charge in [-0.3, -0.25) is 14.2 Å². The van der Waals surface area contributed by atoms with Crippen LogP contribution in [0.4, 0.5) is 4.39 Å². The highest BCUT2D eigenvalue weighted by Crippen LogP contribution is 2.15. The third kappa shape index (κ3) is 2.87. The molecule has 0 aliphatic heterocycles. The van der Waals surface area contributed by atoms with Crippen molar-refractivity contribution in [3.8, 4) is 0 Å². The number of pyridine rings is 1. The quantitative estimate of drug-likeness (QED) is 0.778. The van der Waals surface area contributed by atoms with E-state index in [1.807, 2.05) is 6.92 Å². The Bertz CT molecular complexity index is 341. The molecule has 0 amide bonds. The Morgan fingerprint density at radius 2 is 2.36 bits per heavy atom. The van der Waals surface area contributed by atoms with Crippen molar-refractivity contribution < 1.29 is 9.18 Å². The number of aromatic nitrogens is 1. The van der Waals surface area contributed by atoms with Crippen LogP contribution in [0.3, 0.4) is 0 Å². The fourth-order valence-electron chi connectivity index (χ4n) is 1.05. The van der Waals surface area contributed by atoms with Crippen molar-refractivity contribution in [1.29, 1.82) is 0 Å². The topological polar surface area (TPSA) is 30.0 Å². The van der Waals surface area contributed by atoms with Gasteiger partial charge in [-0.1, -0.05) is 0 Å². The van der Waals surface area contributed by atoms with Crippen LogP contribution in [0.25, 0.3) is 0 Å². The van der Waals surface area contributed by atoms with Crippen LogP contribution in [0.15, 0.2) is 16.7 Å². The van der Waals surface area contributed by atoms with Gasteiger partial charge in [0, 0.05) is 17.1 Å². The Balaban J connectivity index is 2.76. The molecule has 0 aliphatic rings. The van der Waals surface area contributed by atoms with Gasteiger partial charge in [-0.25, -0.2) is 0 Å². The highest BCUT2D eigenvalue weighted by Gasteiger charge is 2.08. The predicted octanol–water partition coefficient (Wildman–Crippen LogP) is 3.08. The van der Waals surface area contributed by atoms with Gasteiger partial charge in [0.2, 0.25) is 0 Å². The molecule has 1 aromatic heterocycles. The molecular weight excluding hydrogens is 249 g/mol. The van der Waals surface area contributed by atoms with Crippen molar-refractivity contribution in [2.45, 2.75) is 19.8 Å². The summed E-state index contributed by atoms with van der Waals surface area (Å²) >= 11 is 3.30. The van der Waals surface area contributed by atoms with Gasteiger partial charge >= 0.3 is 0 Å². The molecular formula is C10H11BrFNO. The minimum atomic E-state index is -0.457. The molecule has 4 heteroatoms. The third-order valence-corrected chi connectivity index (χ3v) is 2.70. The van der Waals surface area contributed by atoms with E-state index in [2.05, 4.69) is 20.9 Å². The molecule has 1 heterocycles. The van der Waals surface area contributed by atoms with E-state index in [0.29, 0.717) is 5.69 Å². The summed E-state index contributed by atoms with van der Waals surface area (Å²) in [7, 11) is 0. The maximum atomic E-state index is 11.8. The van der Waals surface area contributed by atoms with Gasteiger partial charge in [0.15, 0.2) is 5.78 Å². The van der Waals surface area contributed by atoms with Crippen molar-refractivity contribution >= 4 is 21.7 Å². The smallest absolute Gasteiger partial charge is 0.181 e. The molecule has 0 bridgehead atoms. The van der Waals surface area contributed by atoms with Crippen LogP contribution in [0.5, 0.6) is 0 Å². The number of Topliss-reactive ketones (excluding diaryl/α,β-unsaturated/α-hetero) is 1. The Kier molecular flexibility index (Phi) is 4.20. The Hall–Kier alpha value is -0.770. The van der Waals surface area contributed by atoms with Crippen LogP contribution < -0.4 is 0 Å². The van der Waals surface area contributed by atoms with E-state index >= 15 is 0 Å². The number of carbonyl (C=O) groups is 1. The lowest BCUT2D eigenvalue weighted by atomic mass is 10.1. The fourth-order valence-corrected chi connectivity index (χ4v) is 1.26. The molecule has 76 valence electrons. The van der Waals surface area contributed by atoms with E-state index in [-0.39, 0.29) is 18.6 Å². The first-order valence-corrected chi connectivity index (χ1v) is 5.15. The summed E-state index contributed by atoms with van der Waals surface area (Å²) in [6.07, 6.45) is 2.10. The van der Waals surface area contributed by atoms with Crippen molar-refractivity contribution in [2.75, 3.05) is 6.67 Å². The summed E-state index contributed by atoms with van der Waals surface area (Å²) < 4.78 is 12.7. The molecule has 0 atom stereocenters. The molecule has 1 aromatic rings. The van der Waals surface area contributed by atoms with Gasteiger partial charge in [-0.15, -0.1) is 0 Å². The largest absolute Gasteiger partial charge is 0.292 e. The molecule has 0 spiro atoms. The highest BCUT2D eigenvalue weighted by molar-refractivity contribution is 9.10. The average Bonchev–Trinajstić information content (AvgIpc) is 2.18. The van der Waals surface area contributed by atoms with Gasteiger partial charge in [0.05, 0.1) is 6.67 Å². The zero-order valence-electron chi connectivity index (χ0n) is 7.89. The molecule has 0 aliphatic carbocycles. The van der Waals surface area contributed by atoms with E-state index in [4.69, 9.17) is 0 Å². The molecule has 0 N–H and O–H groups in total. The number of hydrogen-bond acceptors (Lipinski definition) is 2. The Morgan fingerprint density at radius 1 is 1.64 bits per heavy atom. The Morgan fingerprint density at radius 3 is 2.93 bits per heavy atom. The van der Waals surface area contributed by atoms with Crippen molar-refractivity contribution in [1.82, 2.24) is 4.98 Å². The van der Waals surface area contributed by atoms with Crippen LogP contribution in [0.1, 0.15) is 28.9 Å². The molecule has 0 unspecified atom stereocenters. The summed E-state index contributed by atoms with van der Waals surface area (Å²) in [6, 6.07) is 1.71. The Labute approximate surface area is 90.7 Å². The molecule has 2 nitrogen and oxygen atoms in total. The first-order chi connectivity index (χ1) is 6.65. The predicted molar refractivity (Wildman–Crippen MR) is 56.2 cm³/mol. The zero-order valence-corrected chi connectivity index (χ0v) is 9.47. The lowest BCUT2D eigenvalue weighted by molar-refractivity contribution is 0.0972. The fraction of sp³-hybridized carbons (Fsp3) is 0.400. The van der Waals surface area contributed by atoms with E-state index < -0.39 is 6.67 Å². The van der Waals surface area contributed by atoms with Gasteiger partial charge in [0.1, 0.15) is 5.69 Å². The highest BCUT2D eigenvalue weighted by atomic mass is 79.9. The molecule has 1 rings (SSSR count). The van der Waals surface area contributed by atoms with Gasteiger partial charge in [0.25, 0.3) is 0 Å². The normalized spacial score (nSPS) is 10.2. The number of aryl methyl sites for hydroxylation is 1. The van der Waals surface area contributed by atoms with Gasteiger partial charge < -0.3 is 0 Å². The monoisotopic (exact) mass is 259 g/mol. The van der Waals surface area contributed by atoms with E-state index in [1.165, 1.54) is 0 Å². The van der Waals surface area contributed by atoms with E-state index in [1.54, 1.807) is 12.3 Å². The number of ketones is 1. The molecule has 14 heavy (non-hydrogen) atoms. The van der Waals surface area contributed by atoms with Crippen LogP contribution in [-0.4, -0.2) is 17.4 Å². The number of hydrogen-bond donors (Lipinski definition) is 0. The maximum absolute atomic E-state index is 11.8. The van der Waals surface area contributed by atoms with E-state index in [0.717, 1.165) is 10.0 Å². The van der Waals surface area contributed by atoms with E-state index in [9.17, 15) is 9.18 Å². The minimum Gasteiger partial charge on any atom is -0.292 e. The SMILES string of the molecule is Cc1cc(C(=O)CCCF)ncc1Br. The van der Waals surface area contributed by atoms with Crippen molar-refractivity contribution in [3.05, 3.63) is 28.0 Å². The number of halogens is 2. The van der Waals surface area contributed by atoms with Crippen LogP contribution in [0.2, 0.25) is 0 Å². The molecule has 0 saturated carbocycles. The zero-order chi connectivity index (χ0) is 10.6.